The van der Waals surface area contributed by atoms with Crippen LogP contribution in [0.5, 0.6) is 0 Å². The number of ether oxygens (including phenoxy) is 2. The molecule has 0 radical (unpaired) electrons. The Bertz CT molecular complexity index is 325. The van der Waals surface area contributed by atoms with Crippen molar-refractivity contribution in [2.24, 2.45) is 11.8 Å². The molecule has 0 saturated carbocycles. The lowest BCUT2D eigenvalue weighted by Crippen LogP contribution is -2.29. The Labute approximate surface area is 135 Å². The van der Waals surface area contributed by atoms with Gasteiger partial charge in [0.05, 0.1) is 25.2 Å². The lowest BCUT2D eigenvalue weighted by Gasteiger charge is -2.19. The second kappa shape index (κ2) is 13.4. The van der Waals surface area contributed by atoms with Crippen molar-refractivity contribution < 1.29 is 19.1 Å². The summed E-state index contributed by atoms with van der Waals surface area (Å²) in [5.74, 6) is -1.70. The van der Waals surface area contributed by atoms with Crippen LogP contribution in [-0.4, -0.2) is 19.0 Å². The van der Waals surface area contributed by atoms with Gasteiger partial charge >= 0.3 is 11.9 Å². The van der Waals surface area contributed by atoms with Crippen LogP contribution in [0.4, 0.5) is 0 Å². The van der Waals surface area contributed by atoms with E-state index in [1.165, 1.54) is 45.6 Å². The Morgan fingerprint density at radius 1 is 1.00 bits per heavy atom. The van der Waals surface area contributed by atoms with Crippen LogP contribution in [-0.2, 0) is 19.1 Å². The zero-order valence-electron chi connectivity index (χ0n) is 14.4. The minimum absolute atomic E-state index is 0.370. The molecule has 0 aliphatic heterocycles. The number of unbranched alkanes of at least 4 members (excludes halogenated alkanes) is 7. The molecule has 0 aromatic heterocycles. The van der Waals surface area contributed by atoms with Gasteiger partial charge in [-0.25, -0.2) is 0 Å². The van der Waals surface area contributed by atoms with Gasteiger partial charge in [-0.05, 0) is 6.42 Å². The number of esters is 2. The van der Waals surface area contributed by atoms with Crippen molar-refractivity contribution in [2.75, 3.05) is 7.11 Å². The van der Waals surface area contributed by atoms with Crippen molar-refractivity contribution in [1.29, 1.82) is 0 Å². The van der Waals surface area contributed by atoms with Gasteiger partial charge < -0.3 is 9.47 Å². The molecule has 0 heterocycles. The van der Waals surface area contributed by atoms with Gasteiger partial charge in [0, 0.05) is 0 Å². The van der Waals surface area contributed by atoms with Gasteiger partial charge in [0.2, 0.25) is 0 Å². The maximum atomic E-state index is 11.9. The Morgan fingerprint density at radius 2 is 1.55 bits per heavy atom. The number of carbonyl (C=O) groups is 2. The van der Waals surface area contributed by atoms with Crippen molar-refractivity contribution in [3.63, 3.8) is 0 Å². The standard InChI is InChI=1S/C18H32O4/c1-5-7-8-9-10-11-12-13-14-16(18(20)22-6-2)15(3)17(19)21-4/h6,15-16H,2,5,7-14H2,1,3-4H3. The first-order valence-electron chi connectivity index (χ1n) is 8.47. The summed E-state index contributed by atoms with van der Waals surface area (Å²) in [4.78, 5) is 23.6. The summed E-state index contributed by atoms with van der Waals surface area (Å²) in [7, 11) is 1.34. The lowest BCUT2D eigenvalue weighted by molar-refractivity contribution is -0.155. The summed E-state index contributed by atoms with van der Waals surface area (Å²) in [5, 5.41) is 0. The third-order valence-corrected chi connectivity index (χ3v) is 4.05. The van der Waals surface area contributed by atoms with Gasteiger partial charge in [0.1, 0.15) is 0 Å². The average Bonchev–Trinajstić information content (AvgIpc) is 2.52. The molecule has 2 unspecified atom stereocenters. The highest BCUT2D eigenvalue weighted by Gasteiger charge is 2.31. The quantitative estimate of drug-likeness (QED) is 0.283. The van der Waals surface area contributed by atoms with Crippen LogP contribution in [0, 0.1) is 11.8 Å². The normalized spacial score (nSPS) is 13.2. The van der Waals surface area contributed by atoms with E-state index in [2.05, 4.69) is 13.5 Å². The van der Waals surface area contributed by atoms with E-state index in [1.54, 1.807) is 6.92 Å². The molecule has 0 aromatic carbocycles. The van der Waals surface area contributed by atoms with Gasteiger partial charge in [-0.3, -0.25) is 9.59 Å². The van der Waals surface area contributed by atoms with Crippen LogP contribution < -0.4 is 0 Å². The largest absolute Gasteiger partial charge is 0.469 e. The number of hydrogen-bond acceptors (Lipinski definition) is 4. The van der Waals surface area contributed by atoms with Crippen molar-refractivity contribution >= 4 is 11.9 Å². The van der Waals surface area contributed by atoms with Gasteiger partial charge in [-0.15, -0.1) is 0 Å². The summed E-state index contributed by atoms with van der Waals surface area (Å²) >= 11 is 0. The van der Waals surface area contributed by atoms with E-state index in [0.29, 0.717) is 6.42 Å². The molecule has 0 amide bonds. The molecule has 0 fully saturated rings. The Kier molecular flexibility index (Phi) is 12.5. The molecule has 0 rings (SSSR count). The second-order valence-electron chi connectivity index (χ2n) is 5.79. The minimum Gasteiger partial charge on any atom is -0.469 e. The fourth-order valence-corrected chi connectivity index (χ4v) is 2.59. The molecule has 0 aliphatic rings. The highest BCUT2D eigenvalue weighted by Crippen LogP contribution is 2.23. The second-order valence-corrected chi connectivity index (χ2v) is 5.79. The van der Waals surface area contributed by atoms with E-state index in [0.717, 1.165) is 19.1 Å². The average molecular weight is 312 g/mol. The van der Waals surface area contributed by atoms with Gasteiger partial charge in [-0.1, -0.05) is 71.8 Å². The number of hydrogen-bond donors (Lipinski definition) is 0. The topological polar surface area (TPSA) is 52.6 Å². The first kappa shape index (κ1) is 20.7. The zero-order valence-corrected chi connectivity index (χ0v) is 14.4. The fourth-order valence-electron chi connectivity index (χ4n) is 2.59. The summed E-state index contributed by atoms with van der Waals surface area (Å²) < 4.78 is 9.59. The van der Waals surface area contributed by atoms with E-state index in [1.807, 2.05) is 0 Å². The van der Waals surface area contributed by atoms with E-state index in [9.17, 15) is 9.59 Å². The third kappa shape index (κ3) is 8.85. The van der Waals surface area contributed by atoms with E-state index >= 15 is 0 Å². The van der Waals surface area contributed by atoms with E-state index in [4.69, 9.17) is 9.47 Å². The molecule has 2 atom stereocenters. The van der Waals surface area contributed by atoms with Crippen LogP contribution in [0.15, 0.2) is 12.8 Å². The highest BCUT2D eigenvalue weighted by molar-refractivity contribution is 5.81. The third-order valence-electron chi connectivity index (χ3n) is 4.05. The van der Waals surface area contributed by atoms with Crippen LogP contribution >= 0.6 is 0 Å². The van der Waals surface area contributed by atoms with Crippen LogP contribution in [0.1, 0.15) is 71.6 Å². The van der Waals surface area contributed by atoms with E-state index < -0.39 is 17.8 Å². The molecule has 0 spiro atoms. The first-order valence-corrected chi connectivity index (χ1v) is 8.47. The monoisotopic (exact) mass is 312 g/mol. The van der Waals surface area contributed by atoms with Gasteiger partial charge in [0.15, 0.2) is 0 Å². The summed E-state index contributed by atoms with van der Waals surface area (Å²) in [6.07, 6.45) is 11.4. The Morgan fingerprint density at radius 3 is 2.05 bits per heavy atom. The molecule has 0 saturated heterocycles. The smallest absolute Gasteiger partial charge is 0.314 e. The first-order chi connectivity index (χ1) is 10.6. The lowest BCUT2D eigenvalue weighted by atomic mass is 9.88. The molecule has 4 heteroatoms. The van der Waals surface area contributed by atoms with Gasteiger partial charge in [0.25, 0.3) is 0 Å². The molecule has 4 nitrogen and oxygen atoms in total. The zero-order chi connectivity index (χ0) is 16.8. The van der Waals surface area contributed by atoms with Crippen LogP contribution in [0.3, 0.4) is 0 Å². The number of rotatable bonds is 13. The summed E-state index contributed by atoms with van der Waals surface area (Å²) in [5.41, 5.74) is 0. The molecule has 0 bridgehead atoms. The summed E-state index contributed by atoms with van der Waals surface area (Å²) in [6, 6.07) is 0. The molecule has 128 valence electrons. The van der Waals surface area contributed by atoms with Crippen LogP contribution in [0.2, 0.25) is 0 Å². The van der Waals surface area contributed by atoms with Gasteiger partial charge in [-0.2, -0.15) is 0 Å². The minimum atomic E-state index is -0.484. The number of methoxy groups -OCH3 is 1. The maximum absolute atomic E-state index is 11.9. The highest BCUT2D eigenvalue weighted by atomic mass is 16.5. The van der Waals surface area contributed by atoms with E-state index in [-0.39, 0.29) is 5.97 Å². The fraction of sp³-hybridized carbons (Fsp3) is 0.778. The van der Waals surface area contributed by atoms with Crippen molar-refractivity contribution in [2.45, 2.75) is 71.6 Å². The Hall–Kier alpha value is -1.32. The maximum Gasteiger partial charge on any atom is 0.314 e. The van der Waals surface area contributed by atoms with Crippen LogP contribution in [0.25, 0.3) is 0 Å². The SMILES string of the molecule is C=COC(=O)C(CCCCCCCCCC)C(C)C(=O)OC. The predicted molar refractivity (Wildman–Crippen MR) is 88.2 cm³/mol. The molecule has 0 aliphatic carbocycles. The molecule has 0 N–H and O–H groups in total. The number of carbonyl (C=O) groups excluding carboxylic acids is 2. The Balaban J connectivity index is 4.11. The van der Waals surface area contributed by atoms with Crippen molar-refractivity contribution in [1.82, 2.24) is 0 Å². The molecular weight excluding hydrogens is 280 g/mol. The summed E-state index contributed by atoms with van der Waals surface area (Å²) in [6.45, 7) is 7.32. The predicted octanol–water partition coefficient (Wildman–Crippen LogP) is 4.63. The van der Waals surface area contributed by atoms with Crippen molar-refractivity contribution in [3.8, 4) is 0 Å². The molecular formula is C18H32O4. The molecule has 22 heavy (non-hydrogen) atoms. The van der Waals surface area contributed by atoms with Crippen molar-refractivity contribution in [3.05, 3.63) is 12.8 Å². The molecule has 0 aromatic rings.